The molecule has 0 saturated carbocycles. The normalized spacial score (nSPS) is 9.17. The van der Waals surface area contributed by atoms with Gasteiger partial charge >= 0.3 is 0 Å². The van der Waals surface area contributed by atoms with Crippen molar-refractivity contribution in [2.24, 2.45) is 7.05 Å². The van der Waals surface area contributed by atoms with E-state index in [2.05, 4.69) is 5.10 Å². The van der Waals surface area contributed by atoms with Crippen molar-refractivity contribution in [3.8, 4) is 5.88 Å². The Balaban J connectivity index is 0.00000121. The second-order valence-corrected chi connectivity index (χ2v) is 2.41. The zero-order valence-electron chi connectivity index (χ0n) is 7.28. The molecule has 0 spiro atoms. The molecule has 0 aliphatic carbocycles. The Hall–Kier alpha value is -0.900. The molecule has 0 aliphatic heterocycles. The molecular weight excluding hydrogens is 178 g/mol. The van der Waals surface area contributed by atoms with Crippen molar-refractivity contribution in [3.63, 3.8) is 0 Å². The molecule has 1 rings (SSSR count). The van der Waals surface area contributed by atoms with Crippen LogP contribution in [0.2, 0.25) is 0 Å². The molecule has 0 aliphatic rings. The molecular formula is C7H14ClN3O. The standard InChI is InChI=1S/C7H13N3O.ClH/c1-3-4-11-7-6(8)5-10(2)9-7;/h5H,3-4,8H2,1-2H3;1H. The number of nitrogens with two attached hydrogens (primary N) is 1. The molecule has 70 valence electrons. The van der Waals surface area contributed by atoms with Gasteiger partial charge in [-0.1, -0.05) is 6.92 Å². The SMILES string of the molecule is CCCOc1nn(C)cc1N.Cl. The van der Waals surface area contributed by atoms with E-state index in [0.29, 0.717) is 18.2 Å². The molecule has 0 atom stereocenters. The Bertz CT molecular complexity index is 237. The highest BCUT2D eigenvalue weighted by Crippen LogP contribution is 2.16. The molecule has 0 unspecified atom stereocenters. The molecule has 12 heavy (non-hydrogen) atoms. The lowest BCUT2D eigenvalue weighted by Gasteiger charge is -1.99. The Morgan fingerprint density at radius 1 is 1.67 bits per heavy atom. The van der Waals surface area contributed by atoms with Gasteiger partial charge in [-0.05, 0) is 6.42 Å². The molecule has 2 N–H and O–H groups in total. The van der Waals surface area contributed by atoms with Gasteiger partial charge in [-0.15, -0.1) is 17.5 Å². The van der Waals surface area contributed by atoms with Crippen molar-refractivity contribution < 1.29 is 4.74 Å². The molecule has 1 aromatic rings. The zero-order valence-corrected chi connectivity index (χ0v) is 8.10. The third-order valence-electron chi connectivity index (χ3n) is 1.26. The molecule has 1 aromatic heterocycles. The van der Waals surface area contributed by atoms with Crippen LogP contribution >= 0.6 is 12.4 Å². The molecule has 4 nitrogen and oxygen atoms in total. The van der Waals surface area contributed by atoms with Crippen LogP contribution in [0.25, 0.3) is 0 Å². The fourth-order valence-corrected chi connectivity index (χ4v) is 0.797. The Morgan fingerprint density at radius 2 is 2.33 bits per heavy atom. The first-order valence-corrected chi connectivity index (χ1v) is 3.66. The zero-order chi connectivity index (χ0) is 8.27. The van der Waals surface area contributed by atoms with E-state index in [1.54, 1.807) is 10.9 Å². The highest BCUT2D eigenvalue weighted by Gasteiger charge is 2.02. The van der Waals surface area contributed by atoms with E-state index in [1.807, 2.05) is 14.0 Å². The van der Waals surface area contributed by atoms with Crippen LogP contribution < -0.4 is 10.5 Å². The van der Waals surface area contributed by atoms with Crippen molar-refractivity contribution in [1.29, 1.82) is 0 Å². The quantitative estimate of drug-likeness (QED) is 0.782. The summed E-state index contributed by atoms with van der Waals surface area (Å²) in [7, 11) is 1.81. The van der Waals surface area contributed by atoms with Crippen LogP contribution in [-0.4, -0.2) is 16.4 Å². The Labute approximate surface area is 78.1 Å². The van der Waals surface area contributed by atoms with Crippen LogP contribution in [0.15, 0.2) is 6.20 Å². The molecule has 1 heterocycles. The number of nitrogens with zero attached hydrogens (tertiary/aromatic N) is 2. The van der Waals surface area contributed by atoms with Crippen LogP contribution in [0.3, 0.4) is 0 Å². The minimum Gasteiger partial charge on any atom is -0.475 e. The largest absolute Gasteiger partial charge is 0.475 e. The summed E-state index contributed by atoms with van der Waals surface area (Å²) in [6, 6.07) is 0. The van der Waals surface area contributed by atoms with E-state index >= 15 is 0 Å². The van der Waals surface area contributed by atoms with Gasteiger partial charge in [0.1, 0.15) is 5.69 Å². The second kappa shape index (κ2) is 4.87. The monoisotopic (exact) mass is 191 g/mol. The maximum atomic E-state index is 5.57. The molecule has 0 saturated heterocycles. The lowest BCUT2D eigenvalue weighted by Crippen LogP contribution is -1.98. The highest BCUT2D eigenvalue weighted by molar-refractivity contribution is 5.85. The van der Waals surface area contributed by atoms with E-state index in [9.17, 15) is 0 Å². The van der Waals surface area contributed by atoms with Crippen LogP contribution in [0, 0.1) is 0 Å². The summed E-state index contributed by atoms with van der Waals surface area (Å²) >= 11 is 0. The van der Waals surface area contributed by atoms with Crippen molar-refractivity contribution in [3.05, 3.63) is 6.20 Å². The topological polar surface area (TPSA) is 53.1 Å². The van der Waals surface area contributed by atoms with Gasteiger partial charge in [0.05, 0.1) is 12.8 Å². The van der Waals surface area contributed by atoms with E-state index in [0.717, 1.165) is 6.42 Å². The van der Waals surface area contributed by atoms with E-state index in [4.69, 9.17) is 10.5 Å². The fourth-order valence-electron chi connectivity index (χ4n) is 0.797. The van der Waals surface area contributed by atoms with Gasteiger partial charge < -0.3 is 10.5 Å². The molecule has 0 bridgehead atoms. The second-order valence-electron chi connectivity index (χ2n) is 2.41. The van der Waals surface area contributed by atoms with Crippen LogP contribution in [0.5, 0.6) is 5.88 Å². The Morgan fingerprint density at radius 3 is 2.75 bits per heavy atom. The van der Waals surface area contributed by atoms with Crippen molar-refractivity contribution >= 4 is 18.1 Å². The molecule has 0 aromatic carbocycles. The van der Waals surface area contributed by atoms with E-state index < -0.39 is 0 Å². The summed E-state index contributed by atoms with van der Waals surface area (Å²) in [4.78, 5) is 0. The average Bonchev–Trinajstić information content (AvgIpc) is 2.26. The summed E-state index contributed by atoms with van der Waals surface area (Å²) in [6.45, 7) is 2.71. The van der Waals surface area contributed by atoms with Crippen LogP contribution in [0.4, 0.5) is 5.69 Å². The number of ether oxygens (including phenoxy) is 1. The first-order valence-electron chi connectivity index (χ1n) is 3.66. The number of hydrogen-bond acceptors (Lipinski definition) is 3. The third-order valence-corrected chi connectivity index (χ3v) is 1.26. The smallest absolute Gasteiger partial charge is 0.256 e. The predicted molar refractivity (Wildman–Crippen MR) is 50.7 cm³/mol. The molecule has 0 fully saturated rings. The van der Waals surface area contributed by atoms with Crippen molar-refractivity contribution in [2.75, 3.05) is 12.3 Å². The predicted octanol–water partition coefficient (Wildman–Crippen LogP) is 1.21. The molecule has 0 radical (unpaired) electrons. The number of anilines is 1. The van der Waals surface area contributed by atoms with Gasteiger partial charge in [0.25, 0.3) is 5.88 Å². The van der Waals surface area contributed by atoms with Gasteiger partial charge in [0.2, 0.25) is 0 Å². The third kappa shape index (κ3) is 2.62. The number of hydrogen-bond donors (Lipinski definition) is 1. The summed E-state index contributed by atoms with van der Waals surface area (Å²) in [6.07, 6.45) is 2.70. The Kier molecular flexibility index (Phi) is 4.51. The van der Waals surface area contributed by atoms with Gasteiger partial charge in [-0.25, -0.2) is 0 Å². The maximum Gasteiger partial charge on any atom is 0.256 e. The van der Waals surface area contributed by atoms with Crippen molar-refractivity contribution in [2.45, 2.75) is 13.3 Å². The number of halogens is 1. The fraction of sp³-hybridized carbons (Fsp3) is 0.571. The van der Waals surface area contributed by atoms with Crippen LogP contribution in [-0.2, 0) is 7.05 Å². The number of nitrogen functional groups attached to an aromatic ring is 1. The van der Waals surface area contributed by atoms with Gasteiger partial charge in [-0.3, -0.25) is 4.68 Å². The van der Waals surface area contributed by atoms with Crippen molar-refractivity contribution in [1.82, 2.24) is 9.78 Å². The number of aryl methyl sites for hydroxylation is 1. The first kappa shape index (κ1) is 11.1. The maximum absolute atomic E-state index is 5.57. The van der Waals surface area contributed by atoms with E-state index in [-0.39, 0.29) is 12.4 Å². The lowest BCUT2D eigenvalue weighted by atomic mass is 10.5. The highest BCUT2D eigenvalue weighted by atomic mass is 35.5. The lowest BCUT2D eigenvalue weighted by molar-refractivity contribution is 0.303. The van der Waals surface area contributed by atoms with Gasteiger partial charge in [0, 0.05) is 7.05 Å². The van der Waals surface area contributed by atoms with Gasteiger partial charge in [0.15, 0.2) is 0 Å². The summed E-state index contributed by atoms with van der Waals surface area (Å²) in [5.74, 6) is 0.536. The summed E-state index contributed by atoms with van der Waals surface area (Å²) in [5, 5.41) is 4.02. The van der Waals surface area contributed by atoms with Gasteiger partial charge in [-0.2, -0.15) is 0 Å². The average molecular weight is 192 g/mol. The number of aromatic nitrogens is 2. The molecule has 5 heteroatoms. The van der Waals surface area contributed by atoms with Crippen LogP contribution in [0.1, 0.15) is 13.3 Å². The summed E-state index contributed by atoms with van der Waals surface area (Å²) in [5.41, 5.74) is 6.17. The summed E-state index contributed by atoms with van der Waals surface area (Å²) < 4.78 is 6.89. The minimum absolute atomic E-state index is 0. The first-order chi connectivity index (χ1) is 5.24. The molecule has 0 amide bonds. The minimum atomic E-state index is 0. The van der Waals surface area contributed by atoms with E-state index in [1.165, 1.54) is 0 Å². The number of rotatable bonds is 3.